The number of nitrogens with one attached hydrogen (secondary N) is 1. The minimum Gasteiger partial charge on any atom is -0.490 e. The molecule has 1 aromatic heterocycles. The van der Waals surface area contributed by atoms with Crippen molar-refractivity contribution >= 4 is 23.1 Å². The molecule has 1 aromatic carbocycles. The van der Waals surface area contributed by atoms with Crippen LogP contribution in [0, 0.1) is 16.0 Å². The molecule has 2 aliphatic carbocycles. The maximum atomic E-state index is 13.3. The van der Waals surface area contributed by atoms with Crippen molar-refractivity contribution in [3.63, 3.8) is 0 Å². The highest BCUT2D eigenvalue weighted by Crippen LogP contribution is 2.38. The molecular weight excluding hydrogens is 539 g/mol. The fourth-order valence-corrected chi connectivity index (χ4v) is 6.19. The molecule has 0 radical (unpaired) electrons. The smallest absolute Gasteiger partial charge is 0.423 e. The first-order valence-corrected chi connectivity index (χ1v) is 14.4. The van der Waals surface area contributed by atoms with Crippen molar-refractivity contribution in [2.45, 2.75) is 76.1 Å². The summed E-state index contributed by atoms with van der Waals surface area (Å²) in [5.41, 5.74) is -1.99. The van der Waals surface area contributed by atoms with Crippen LogP contribution >= 0.6 is 0 Å². The molecule has 0 unspecified atom stereocenters. The number of carbonyl (C=O) groups is 1. The van der Waals surface area contributed by atoms with Crippen LogP contribution in [0.25, 0.3) is 0 Å². The second-order valence-electron chi connectivity index (χ2n) is 11.3. The molecule has 1 amide bonds. The number of pyridine rings is 1. The Morgan fingerprint density at radius 1 is 1.02 bits per heavy atom. The topological polar surface area (TPSA) is 101 Å². The van der Waals surface area contributed by atoms with Gasteiger partial charge in [-0.3, -0.25) is 14.9 Å². The number of hydrogen-bond acceptors (Lipinski definition) is 7. The molecule has 222 valence electrons. The Morgan fingerprint density at radius 2 is 1.73 bits per heavy atom. The monoisotopic (exact) mass is 575 g/mol. The van der Waals surface area contributed by atoms with Gasteiger partial charge in [-0.05, 0) is 62.6 Å². The summed E-state index contributed by atoms with van der Waals surface area (Å²) in [4.78, 5) is 31.3. The van der Waals surface area contributed by atoms with E-state index in [1.165, 1.54) is 31.7 Å². The number of halogens is 3. The lowest BCUT2D eigenvalue weighted by molar-refractivity contribution is -0.388. The molecule has 0 atom stereocenters. The fourth-order valence-electron chi connectivity index (χ4n) is 6.19. The average molecular weight is 576 g/mol. The van der Waals surface area contributed by atoms with Crippen molar-refractivity contribution in [3.8, 4) is 5.75 Å². The third-order valence-corrected chi connectivity index (χ3v) is 8.46. The van der Waals surface area contributed by atoms with Crippen LogP contribution < -0.4 is 15.0 Å². The first-order valence-electron chi connectivity index (χ1n) is 14.4. The van der Waals surface area contributed by atoms with E-state index in [0.29, 0.717) is 38.3 Å². The van der Waals surface area contributed by atoms with Gasteiger partial charge in [-0.1, -0.05) is 12.8 Å². The maximum absolute atomic E-state index is 13.3. The van der Waals surface area contributed by atoms with Crippen LogP contribution in [0.5, 0.6) is 5.75 Å². The van der Waals surface area contributed by atoms with Gasteiger partial charge in [-0.15, -0.1) is 0 Å². The van der Waals surface area contributed by atoms with E-state index in [-0.39, 0.29) is 23.7 Å². The van der Waals surface area contributed by atoms with E-state index in [2.05, 4.69) is 15.2 Å². The van der Waals surface area contributed by atoms with Gasteiger partial charge in [0.25, 0.3) is 5.69 Å². The minimum atomic E-state index is -4.81. The quantitative estimate of drug-likeness (QED) is 0.303. The van der Waals surface area contributed by atoms with Gasteiger partial charge < -0.3 is 19.9 Å². The second kappa shape index (κ2) is 12.5. The number of hydrogen-bond donors (Lipinski definition) is 1. The van der Waals surface area contributed by atoms with Crippen LogP contribution in [0.3, 0.4) is 0 Å². The number of carbonyl (C=O) groups excluding carboxylic acids is 1. The summed E-state index contributed by atoms with van der Waals surface area (Å²) < 4.78 is 46.2. The van der Waals surface area contributed by atoms with E-state index in [1.807, 2.05) is 17.0 Å². The van der Waals surface area contributed by atoms with Crippen LogP contribution in [0.15, 0.2) is 36.5 Å². The SMILES string of the molecule is O=C(CC1CCCC1)N1CCN(c2cc(OC3CCC(Nc4ccc([N+](=O)[O-])c(C(F)(F)F)c4)CC3)ccn2)CC1. The van der Waals surface area contributed by atoms with Gasteiger partial charge in [-0.25, -0.2) is 4.98 Å². The highest BCUT2D eigenvalue weighted by molar-refractivity contribution is 5.76. The molecule has 0 spiro atoms. The number of benzene rings is 1. The van der Waals surface area contributed by atoms with Gasteiger partial charge in [0.05, 0.1) is 11.0 Å². The van der Waals surface area contributed by atoms with Crippen molar-refractivity contribution < 1.29 is 27.6 Å². The van der Waals surface area contributed by atoms with Crippen molar-refractivity contribution in [2.75, 3.05) is 36.4 Å². The minimum absolute atomic E-state index is 0.0315. The number of alkyl halides is 3. The highest BCUT2D eigenvalue weighted by atomic mass is 19.4. The predicted molar refractivity (Wildman–Crippen MR) is 148 cm³/mol. The van der Waals surface area contributed by atoms with Crippen molar-refractivity contribution in [3.05, 3.63) is 52.2 Å². The maximum Gasteiger partial charge on any atom is 0.423 e. The number of ether oxygens (including phenoxy) is 1. The third kappa shape index (κ3) is 7.39. The van der Waals surface area contributed by atoms with E-state index in [9.17, 15) is 28.1 Å². The second-order valence-corrected chi connectivity index (χ2v) is 11.3. The Balaban J connectivity index is 1.09. The lowest BCUT2D eigenvalue weighted by Gasteiger charge is -2.36. The largest absolute Gasteiger partial charge is 0.490 e. The number of aromatic nitrogens is 1. The summed E-state index contributed by atoms with van der Waals surface area (Å²) in [5.74, 6) is 2.35. The van der Waals surface area contributed by atoms with Crippen molar-refractivity contribution in [2.24, 2.45) is 5.92 Å². The predicted octanol–water partition coefficient (Wildman–Crippen LogP) is 6.04. The number of nitro benzene ring substituents is 1. The molecule has 41 heavy (non-hydrogen) atoms. The number of piperazine rings is 1. The number of nitro groups is 1. The first kappa shape index (κ1) is 28.9. The average Bonchev–Trinajstić information content (AvgIpc) is 3.47. The molecule has 2 saturated carbocycles. The van der Waals surface area contributed by atoms with E-state index in [1.54, 1.807) is 6.20 Å². The van der Waals surface area contributed by atoms with Crippen molar-refractivity contribution in [1.29, 1.82) is 0 Å². The molecule has 5 rings (SSSR count). The first-order chi connectivity index (χ1) is 19.7. The van der Waals surface area contributed by atoms with Gasteiger partial charge in [0.2, 0.25) is 5.91 Å². The highest BCUT2D eigenvalue weighted by Gasteiger charge is 2.38. The number of rotatable bonds is 8. The van der Waals surface area contributed by atoms with E-state index in [4.69, 9.17) is 4.74 Å². The lowest BCUT2D eigenvalue weighted by Crippen LogP contribution is -2.49. The third-order valence-electron chi connectivity index (χ3n) is 8.46. The van der Waals surface area contributed by atoms with Gasteiger partial charge in [-0.2, -0.15) is 13.2 Å². The number of anilines is 2. The van der Waals surface area contributed by atoms with E-state index in [0.717, 1.165) is 49.6 Å². The van der Waals surface area contributed by atoms with E-state index >= 15 is 0 Å². The Hall–Kier alpha value is -3.57. The van der Waals surface area contributed by atoms with Gasteiger partial charge in [0.1, 0.15) is 17.1 Å². The molecule has 1 saturated heterocycles. The molecule has 2 heterocycles. The zero-order valence-electron chi connectivity index (χ0n) is 22.9. The van der Waals surface area contributed by atoms with Gasteiger partial charge in [0.15, 0.2) is 0 Å². The molecular formula is C29H36F3N5O4. The molecule has 1 aliphatic heterocycles. The van der Waals surface area contributed by atoms with Crippen LogP contribution in [0.1, 0.15) is 63.4 Å². The van der Waals surface area contributed by atoms with Crippen LogP contribution in [-0.4, -0.2) is 59.0 Å². The lowest BCUT2D eigenvalue weighted by atomic mass is 9.92. The van der Waals surface area contributed by atoms with E-state index < -0.39 is 22.4 Å². The number of amides is 1. The van der Waals surface area contributed by atoms with Crippen LogP contribution in [0.2, 0.25) is 0 Å². The molecule has 12 heteroatoms. The van der Waals surface area contributed by atoms with Gasteiger partial charge in [0, 0.05) is 62.7 Å². The molecule has 3 fully saturated rings. The van der Waals surface area contributed by atoms with Crippen molar-refractivity contribution in [1.82, 2.24) is 9.88 Å². The van der Waals surface area contributed by atoms with Crippen LogP contribution in [-0.2, 0) is 11.0 Å². The summed E-state index contributed by atoms with van der Waals surface area (Å²) in [6.45, 7) is 2.83. The Morgan fingerprint density at radius 3 is 2.39 bits per heavy atom. The molecule has 1 N–H and O–H groups in total. The number of nitrogens with zero attached hydrogens (tertiary/aromatic N) is 4. The zero-order valence-corrected chi connectivity index (χ0v) is 22.9. The summed E-state index contributed by atoms with van der Waals surface area (Å²) in [6.07, 6.45) is 5.19. The Bertz CT molecular complexity index is 1220. The standard InChI is InChI=1S/C29H36F3N5O4/c30-29(31,32)25-18-22(7-10-26(25)37(39)40)34-21-5-8-23(9-6-21)41-24-11-12-33-27(19-24)35-13-15-36(16-14-35)28(38)17-20-3-1-2-4-20/h7,10-12,18-21,23,34H,1-6,8-9,13-17H2. The summed E-state index contributed by atoms with van der Waals surface area (Å²) in [7, 11) is 0. The summed E-state index contributed by atoms with van der Waals surface area (Å²) >= 11 is 0. The summed E-state index contributed by atoms with van der Waals surface area (Å²) in [6, 6.07) is 6.72. The molecule has 3 aliphatic rings. The summed E-state index contributed by atoms with van der Waals surface area (Å²) in [5, 5.41) is 14.1. The molecule has 9 nitrogen and oxygen atoms in total. The van der Waals surface area contributed by atoms with Gasteiger partial charge >= 0.3 is 6.18 Å². The molecule has 2 aromatic rings. The zero-order chi connectivity index (χ0) is 29.0. The fraction of sp³-hybridized carbons (Fsp3) is 0.586. The van der Waals surface area contributed by atoms with Crippen LogP contribution in [0.4, 0.5) is 30.4 Å². The Kier molecular flexibility index (Phi) is 8.84. The Labute approximate surface area is 237 Å². The normalized spacial score (nSPS) is 22.0. The molecule has 0 bridgehead atoms.